The second kappa shape index (κ2) is 8.79. The van der Waals surface area contributed by atoms with Crippen LogP contribution in [-0.2, 0) is 15.4 Å². The number of carbonyl (C=O) groups is 1. The van der Waals surface area contributed by atoms with Crippen LogP contribution in [0.15, 0.2) is 77.7 Å². The summed E-state index contributed by atoms with van der Waals surface area (Å²) in [5.41, 5.74) is 4.14. The fraction of sp³-hybridized carbons (Fsp3) is 0.269. The predicted octanol–water partition coefficient (Wildman–Crippen LogP) is 4.96. The standard InChI is InChI=1S/C26H28N2O3S/c1-19-8-6-11-24(20(19)2)28-32(30,31)23-14-12-21(13-15-23)25(29)27-18-26(16-7-17-26)22-9-4-3-5-10-22/h3-6,8-15,28H,7,16-18H2,1-2H3,(H,27,29). The molecule has 0 aromatic heterocycles. The van der Waals surface area contributed by atoms with Gasteiger partial charge in [-0.25, -0.2) is 8.42 Å². The predicted molar refractivity (Wildman–Crippen MR) is 127 cm³/mol. The number of aryl methyl sites for hydroxylation is 1. The van der Waals surface area contributed by atoms with Crippen molar-refractivity contribution >= 4 is 21.6 Å². The van der Waals surface area contributed by atoms with Crippen LogP contribution in [0.5, 0.6) is 0 Å². The maximum absolute atomic E-state index is 12.8. The molecule has 1 aliphatic rings. The molecule has 0 atom stereocenters. The van der Waals surface area contributed by atoms with Crippen LogP contribution >= 0.6 is 0 Å². The number of sulfonamides is 1. The van der Waals surface area contributed by atoms with Crippen LogP contribution in [0.3, 0.4) is 0 Å². The van der Waals surface area contributed by atoms with Crippen molar-refractivity contribution in [3.63, 3.8) is 0 Å². The maximum atomic E-state index is 12.8. The molecule has 2 N–H and O–H groups in total. The molecular weight excluding hydrogens is 420 g/mol. The van der Waals surface area contributed by atoms with E-state index in [0.717, 1.165) is 30.4 Å². The fourth-order valence-corrected chi connectivity index (χ4v) is 5.29. The summed E-state index contributed by atoms with van der Waals surface area (Å²) < 4.78 is 28.2. The molecule has 0 unspecified atom stereocenters. The van der Waals surface area contributed by atoms with Gasteiger partial charge in [0.05, 0.1) is 10.6 Å². The summed E-state index contributed by atoms with van der Waals surface area (Å²) >= 11 is 0. The number of carbonyl (C=O) groups excluding carboxylic acids is 1. The Morgan fingerprint density at radius 1 is 0.906 bits per heavy atom. The minimum Gasteiger partial charge on any atom is -0.351 e. The highest BCUT2D eigenvalue weighted by molar-refractivity contribution is 7.92. The Bertz CT molecular complexity index is 1220. The molecule has 1 aliphatic carbocycles. The van der Waals surface area contributed by atoms with E-state index in [1.54, 1.807) is 18.2 Å². The van der Waals surface area contributed by atoms with E-state index in [-0.39, 0.29) is 16.2 Å². The molecule has 6 heteroatoms. The third-order valence-corrected chi connectivity index (χ3v) is 7.94. The minimum absolute atomic E-state index is 0.00417. The lowest BCUT2D eigenvalue weighted by Crippen LogP contribution is -2.45. The van der Waals surface area contributed by atoms with Gasteiger partial charge in [0.1, 0.15) is 0 Å². The zero-order chi connectivity index (χ0) is 22.8. The highest BCUT2D eigenvalue weighted by atomic mass is 32.2. The summed E-state index contributed by atoms with van der Waals surface area (Å²) in [4.78, 5) is 12.8. The van der Waals surface area contributed by atoms with Crippen LogP contribution in [0.1, 0.15) is 46.3 Å². The zero-order valence-electron chi connectivity index (χ0n) is 18.4. The van der Waals surface area contributed by atoms with Gasteiger partial charge in [0.15, 0.2) is 0 Å². The van der Waals surface area contributed by atoms with E-state index in [1.807, 2.05) is 44.2 Å². The smallest absolute Gasteiger partial charge is 0.261 e. The molecule has 5 nitrogen and oxygen atoms in total. The van der Waals surface area contributed by atoms with Gasteiger partial charge in [-0.15, -0.1) is 0 Å². The summed E-state index contributed by atoms with van der Waals surface area (Å²) in [6.45, 7) is 4.39. The number of anilines is 1. The van der Waals surface area contributed by atoms with Gasteiger partial charge in [0.2, 0.25) is 0 Å². The average molecular weight is 449 g/mol. The Morgan fingerprint density at radius 3 is 2.22 bits per heavy atom. The van der Waals surface area contributed by atoms with E-state index in [1.165, 1.54) is 17.7 Å². The Morgan fingerprint density at radius 2 is 1.59 bits per heavy atom. The number of rotatable bonds is 7. The van der Waals surface area contributed by atoms with E-state index in [9.17, 15) is 13.2 Å². The first-order valence-corrected chi connectivity index (χ1v) is 12.3. The van der Waals surface area contributed by atoms with Crippen LogP contribution in [0.25, 0.3) is 0 Å². The number of benzene rings is 3. The second-order valence-corrected chi connectivity index (χ2v) is 10.2. The van der Waals surface area contributed by atoms with Gasteiger partial charge in [0.25, 0.3) is 15.9 Å². The first-order valence-electron chi connectivity index (χ1n) is 10.8. The van der Waals surface area contributed by atoms with Crippen molar-refractivity contribution in [2.45, 2.75) is 43.4 Å². The van der Waals surface area contributed by atoms with Crippen LogP contribution < -0.4 is 10.0 Å². The van der Waals surface area contributed by atoms with E-state index in [0.29, 0.717) is 17.8 Å². The molecule has 0 aliphatic heterocycles. The number of hydrogen-bond donors (Lipinski definition) is 2. The van der Waals surface area contributed by atoms with Crippen LogP contribution in [0, 0.1) is 13.8 Å². The normalized spacial score (nSPS) is 14.9. The Labute approximate surface area is 189 Å². The van der Waals surface area contributed by atoms with Gasteiger partial charge in [-0.05, 0) is 73.7 Å². The zero-order valence-corrected chi connectivity index (χ0v) is 19.2. The summed E-state index contributed by atoms with van der Waals surface area (Å²) in [6, 6.07) is 21.9. The lowest BCUT2D eigenvalue weighted by Gasteiger charge is -2.42. The first-order chi connectivity index (χ1) is 15.3. The highest BCUT2D eigenvalue weighted by Gasteiger charge is 2.38. The van der Waals surface area contributed by atoms with E-state index in [2.05, 4.69) is 22.2 Å². The molecule has 1 fully saturated rings. The fourth-order valence-electron chi connectivity index (χ4n) is 4.17. The third kappa shape index (κ3) is 4.41. The van der Waals surface area contributed by atoms with Gasteiger partial charge in [-0.1, -0.05) is 48.9 Å². The van der Waals surface area contributed by atoms with Crippen molar-refractivity contribution in [2.75, 3.05) is 11.3 Å². The maximum Gasteiger partial charge on any atom is 0.261 e. The van der Waals surface area contributed by atoms with Gasteiger partial charge in [0, 0.05) is 17.5 Å². The lowest BCUT2D eigenvalue weighted by molar-refractivity contribution is 0.0927. The third-order valence-electron chi connectivity index (χ3n) is 6.56. The van der Waals surface area contributed by atoms with Gasteiger partial charge < -0.3 is 5.32 Å². The summed E-state index contributed by atoms with van der Waals surface area (Å²) in [5.74, 6) is -0.196. The molecule has 166 valence electrons. The molecule has 3 aromatic carbocycles. The second-order valence-electron chi connectivity index (χ2n) is 8.56. The van der Waals surface area contributed by atoms with Crippen molar-refractivity contribution in [3.8, 4) is 0 Å². The summed E-state index contributed by atoms with van der Waals surface area (Å²) in [5, 5.41) is 3.05. The number of amides is 1. The Hall–Kier alpha value is -3.12. The molecule has 4 rings (SSSR count). The van der Waals surface area contributed by atoms with E-state index in [4.69, 9.17) is 0 Å². The molecule has 32 heavy (non-hydrogen) atoms. The van der Waals surface area contributed by atoms with Gasteiger partial charge in [-0.3, -0.25) is 9.52 Å². The molecule has 0 heterocycles. The highest BCUT2D eigenvalue weighted by Crippen LogP contribution is 2.43. The van der Waals surface area contributed by atoms with Crippen molar-refractivity contribution in [3.05, 3.63) is 95.1 Å². The van der Waals surface area contributed by atoms with E-state index >= 15 is 0 Å². The molecule has 0 radical (unpaired) electrons. The largest absolute Gasteiger partial charge is 0.351 e. The van der Waals surface area contributed by atoms with Gasteiger partial charge in [-0.2, -0.15) is 0 Å². The number of hydrogen-bond acceptors (Lipinski definition) is 3. The molecule has 3 aromatic rings. The SMILES string of the molecule is Cc1cccc(NS(=O)(=O)c2ccc(C(=O)NCC3(c4ccccc4)CCC3)cc2)c1C. The molecular formula is C26H28N2O3S. The average Bonchev–Trinajstić information content (AvgIpc) is 2.77. The van der Waals surface area contributed by atoms with E-state index < -0.39 is 10.0 Å². The summed E-state index contributed by atoms with van der Waals surface area (Å²) in [6.07, 6.45) is 3.27. The number of nitrogens with one attached hydrogen (secondary N) is 2. The van der Waals surface area contributed by atoms with Crippen molar-refractivity contribution < 1.29 is 13.2 Å². The summed E-state index contributed by atoms with van der Waals surface area (Å²) in [7, 11) is -3.74. The van der Waals surface area contributed by atoms with Crippen LogP contribution in [0.4, 0.5) is 5.69 Å². The molecule has 0 saturated heterocycles. The Kier molecular flexibility index (Phi) is 6.07. The quantitative estimate of drug-likeness (QED) is 0.537. The molecule has 0 spiro atoms. The minimum atomic E-state index is -3.74. The lowest BCUT2D eigenvalue weighted by atomic mass is 9.64. The monoisotopic (exact) mass is 448 g/mol. The Balaban J connectivity index is 1.44. The van der Waals surface area contributed by atoms with Crippen LogP contribution in [-0.4, -0.2) is 20.9 Å². The molecule has 1 amide bonds. The topological polar surface area (TPSA) is 75.3 Å². The van der Waals surface area contributed by atoms with Crippen molar-refractivity contribution in [1.29, 1.82) is 0 Å². The van der Waals surface area contributed by atoms with Gasteiger partial charge >= 0.3 is 0 Å². The van der Waals surface area contributed by atoms with Crippen molar-refractivity contribution in [2.24, 2.45) is 0 Å². The molecule has 0 bridgehead atoms. The first kappa shape index (κ1) is 22.1. The van der Waals surface area contributed by atoms with Crippen LogP contribution in [0.2, 0.25) is 0 Å². The van der Waals surface area contributed by atoms with Crippen molar-refractivity contribution in [1.82, 2.24) is 5.32 Å². The molecule has 1 saturated carbocycles.